The molecular formula is C15H18N2O3S. The number of hydrogen-bond acceptors (Lipinski definition) is 4. The molecule has 0 aliphatic rings. The third-order valence-electron chi connectivity index (χ3n) is 3.05. The van der Waals surface area contributed by atoms with Crippen molar-refractivity contribution in [1.82, 2.24) is 4.98 Å². The number of pyridine rings is 1. The second kappa shape index (κ2) is 5.37. The first-order valence-corrected chi connectivity index (χ1v) is 7.95. The highest BCUT2D eigenvalue weighted by atomic mass is 32.2. The van der Waals surface area contributed by atoms with Crippen molar-refractivity contribution in [3.8, 4) is 5.75 Å². The summed E-state index contributed by atoms with van der Waals surface area (Å²) in [4.78, 5) is 3.84. The van der Waals surface area contributed by atoms with E-state index in [0.717, 1.165) is 5.56 Å². The Labute approximate surface area is 124 Å². The molecule has 0 saturated carbocycles. The molecule has 1 aromatic carbocycles. The molecule has 1 heterocycles. The normalized spacial score (nSPS) is 12.1. The smallest absolute Gasteiger partial charge is 0.263 e. The Kier molecular flexibility index (Phi) is 3.91. The molecule has 2 N–H and O–H groups in total. The van der Waals surface area contributed by atoms with Gasteiger partial charge in [-0.25, -0.2) is 8.42 Å². The lowest BCUT2D eigenvalue weighted by Gasteiger charge is -2.20. The second-order valence-corrected chi connectivity index (χ2v) is 7.46. The van der Waals surface area contributed by atoms with Crippen molar-refractivity contribution in [3.63, 3.8) is 0 Å². The van der Waals surface area contributed by atoms with Crippen LogP contribution >= 0.6 is 0 Å². The molecule has 2 aromatic rings. The van der Waals surface area contributed by atoms with Crippen LogP contribution in [-0.4, -0.2) is 18.5 Å². The molecule has 0 amide bonds. The fraction of sp³-hybridized carbons (Fsp3) is 0.267. The zero-order valence-electron chi connectivity index (χ0n) is 12.2. The van der Waals surface area contributed by atoms with Gasteiger partial charge in [0.2, 0.25) is 0 Å². The standard InChI is InChI=1S/C15H18N2O3S/c1-15(2,3)11-6-7-14(18)13(9-11)17-21(19,20)12-5-4-8-16-10-12/h4-10,17-18H,1-3H3. The van der Waals surface area contributed by atoms with E-state index in [1.165, 1.54) is 24.5 Å². The van der Waals surface area contributed by atoms with Crippen LogP contribution in [0, 0.1) is 0 Å². The van der Waals surface area contributed by atoms with E-state index in [1.54, 1.807) is 18.2 Å². The van der Waals surface area contributed by atoms with Gasteiger partial charge < -0.3 is 5.11 Å². The molecule has 0 aliphatic carbocycles. The minimum Gasteiger partial charge on any atom is -0.506 e. The Morgan fingerprint density at radius 3 is 2.48 bits per heavy atom. The number of anilines is 1. The molecular weight excluding hydrogens is 288 g/mol. The molecule has 21 heavy (non-hydrogen) atoms. The van der Waals surface area contributed by atoms with Gasteiger partial charge in [-0.3, -0.25) is 9.71 Å². The van der Waals surface area contributed by atoms with E-state index in [1.807, 2.05) is 20.8 Å². The van der Waals surface area contributed by atoms with E-state index in [-0.39, 0.29) is 21.7 Å². The Balaban J connectivity index is 2.40. The van der Waals surface area contributed by atoms with Crippen molar-refractivity contribution < 1.29 is 13.5 Å². The summed E-state index contributed by atoms with van der Waals surface area (Å²) >= 11 is 0. The third kappa shape index (κ3) is 3.52. The van der Waals surface area contributed by atoms with Crippen molar-refractivity contribution in [2.75, 3.05) is 4.72 Å². The lowest BCUT2D eigenvalue weighted by Crippen LogP contribution is -2.15. The largest absolute Gasteiger partial charge is 0.506 e. The molecule has 0 saturated heterocycles. The predicted molar refractivity (Wildman–Crippen MR) is 81.9 cm³/mol. The summed E-state index contributed by atoms with van der Waals surface area (Å²) in [6.45, 7) is 6.04. The molecule has 0 radical (unpaired) electrons. The maximum absolute atomic E-state index is 12.3. The number of phenols is 1. The fourth-order valence-corrected chi connectivity index (χ4v) is 2.82. The number of phenolic OH excluding ortho intramolecular Hbond substituents is 1. The topological polar surface area (TPSA) is 79.3 Å². The molecule has 2 rings (SSSR count). The van der Waals surface area contributed by atoms with Crippen molar-refractivity contribution in [2.45, 2.75) is 31.1 Å². The van der Waals surface area contributed by atoms with Crippen LogP contribution < -0.4 is 4.72 Å². The van der Waals surface area contributed by atoms with E-state index in [2.05, 4.69) is 9.71 Å². The second-order valence-electron chi connectivity index (χ2n) is 5.78. The third-order valence-corrected chi connectivity index (χ3v) is 4.40. The minimum absolute atomic E-state index is 0.0468. The molecule has 0 unspecified atom stereocenters. The Bertz CT molecular complexity index is 735. The van der Waals surface area contributed by atoms with Gasteiger partial charge in [0, 0.05) is 12.4 Å². The van der Waals surface area contributed by atoms with E-state index in [9.17, 15) is 13.5 Å². The lowest BCUT2D eigenvalue weighted by atomic mass is 9.87. The molecule has 0 atom stereocenters. The summed E-state index contributed by atoms with van der Waals surface area (Å²) < 4.78 is 26.9. The number of benzene rings is 1. The summed E-state index contributed by atoms with van der Waals surface area (Å²) in [5, 5.41) is 9.87. The van der Waals surface area contributed by atoms with Crippen LogP contribution in [0.1, 0.15) is 26.3 Å². The van der Waals surface area contributed by atoms with Crippen molar-refractivity contribution in [2.24, 2.45) is 0 Å². The van der Waals surface area contributed by atoms with Crippen LogP contribution in [0.15, 0.2) is 47.6 Å². The van der Waals surface area contributed by atoms with Gasteiger partial charge in [-0.2, -0.15) is 0 Å². The zero-order valence-corrected chi connectivity index (χ0v) is 13.0. The summed E-state index contributed by atoms with van der Waals surface area (Å²) in [5.41, 5.74) is 0.929. The van der Waals surface area contributed by atoms with Gasteiger partial charge in [0.25, 0.3) is 10.0 Å². The van der Waals surface area contributed by atoms with Gasteiger partial charge in [-0.1, -0.05) is 26.8 Å². The van der Waals surface area contributed by atoms with Gasteiger partial charge in [0.15, 0.2) is 0 Å². The van der Waals surface area contributed by atoms with Crippen molar-refractivity contribution in [3.05, 3.63) is 48.3 Å². The maximum atomic E-state index is 12.3. The van der Waals surface area contributed by atoms with Gasteiger partial charge in [0.05, 0.1) is 5.69 Å². The first-order valence-electron chi connectivity index (χ1n) is 6.46. The lowest BCUT2D eigenvalue weighted by molar-refractivity contribution is 0.476. The average Bonchev–Trinajstić information content (AvgIpc) is 2.41. The van der Waals surface area contributed by atoms with E-state index in [0.29, 0.717) is 0 Å². The molecule has 1 aromatic heterocycles. The molecule has 6 heteroatoms. The Hall–Kier alpha value is -2.08. The van der Waals surface area contributed by atoms with Crippen molar-refractivity contribution >= 4 is 15.7 Å². The first-order chi connectivity index (χ1) is 9.70. The van der Waals surface area contributed by atoms with Crippen molar-refractivity contribution in [1.29, 1.82) is 0 Å². The molecule has 0 aliphatic heterocycles. The molecule has 0 bridgehead atoms. The highest BCUT2D eigenvalue weighted by Crippen LogP contribution is 2.31. The summed E-state index contributed by atoms with van der Waals surface area (Å²) in [5.74, 6) is -0.115. The monoisotopic (exact) mass is 306 g/mol. The Morgan fingerprint density at radius 2 is 1.90 bits per heavy atom. The highest BCUT2D eigenvalue weighted by molar-refractivity contribution is 7.92. The zero-order chi connectivity index (χ0) is 15.7. The SMILES string of the molecule is CC(C)(C)c1ccc(O)c(NS(=O)(=O)c2cccnc2)c1. The summed E-state index contributed by atoms with van der Waals surface area (Å²) in [6.07, 6.45) is 2.75. The van der Waals surface area contributed by atoms with Crippen LogP contribution in [-0.2, 0) is 15.4 Å². The fourth-order valence-electron chi connectivity index (χ4n) is 1.79. The van der Waals surface area contributed by atoms with E-state index >= 15 is 0 Å². The number of nitrogens with one attached hydrogen (secondary N) is 1. The number of sulfonamides is 1. The summed E-state index contributed by atoms with van der Waals surface area (Å²) in [7, 11) is -3.77. The molecule has 0 spiro atoms. The number of nitrogens with zero attached hydrogens (tertiary/aromatic N) is 1. The van der Waals surface area contributed by atoms with E-state index < -0.39 is 10.0 Å². The molecule has 112 valence electrons. The minimum atomic E-state index is -3.77. The van der Waals surface area contributed by atoms with E-state index in [4.69, 9.17) is 0 Å². The van der Waals surface area contributed by atoms with Gasteiger partial charge in [-0.05, 0) is 35.2 Å². The van der Waals surface area contributed by atoms with Gasteiger partial charge in [-0.15, -0.1) is 0 Å². The highest BCUT2D eigenvalue weighted by Gasteiger charge is 2.19. The van der Waals surface area contributed by atoms with Crippen LogP contribution in [0.4, 0.5) is 5.69 Å². The predicted octanol–water partition coefficient (Wildman–Crippen LogP) is 2.89. The number of hydrogen-bond donors (Lipinski definition) is 2. The first kappa shape index (κ1) is 15.3. The van der Waals surface area contributed by atoms with Crippen LogP contribution in [0.2, 0.25) is 0 Å². The summed E-state index contributed by atoms with van der Waals surface area (Å²) in [6, 6.07) is 7.89. The maximum Gasteiger partial charge on any atom is 0.263 e. The van der Waals surface area contributed by atoms with Crippen LogP contribution in [0.3, 0.4) is 0 Å². The Morgan fingerprint density at radius 1 is 1.19 bits per heavy atom. The quantitative estimate of drug-likeness (QED) is 0.855. The molecule has 0 fully saturated rings. The van der Waals surface area contributed by atoms with Gasteiger partial charge >= 0.3 is 0 Å². The number of aromatic nitrogens is 1. The van der Waals surface area contributed by atoms with Crippen LogP contribution in [0.5, 0.6) is 5.75 Å². The number of rotatable bonds is 3. The van der Waals surface area contributed by atoms with Crippen LogP contribution in [0.25, 0.3) is 0 Å². The molecule has 5 nitrogen and oxygen atoms in total. The van der Waals surface area contributed by atoms with Gasteiger partial charge in [0.1, 0.15) is 10.6 Å². The number of aromatic hydroxyl groups is 1. The average molecular weight is 306 g/mol.